The Kier molecular flexibility index (Phi) is 3.84. The summed E-state index contributed by atoms with van der Waals surface area (Å²) in [7, 11) is 1.52. The Labute approximate surface area is 110 Å². The fourth-order valence-corrected chi connectivity index (χ4v) is 1.99. The van der Waals surface area contributed by atoms with Gasteiger partial charge in [-0.25, -0.2) is 4.39 Å². The van der Waals surface area contributed by atoms with Crippen molar-refractivity contribution in [2.24, 2.45) is 0 Å². The predicted molar refractivity (Wildman–Crippen MR) is 68.5 cm³/mol. The molecule has 0 heterocycles. The summed E-state index contributed by atoms with van der Waals surface area (Å²) in [6.07, 6.45) is -0.913. The zero-order valence-electron chi connectivity index (χ0n) is 9.73. The van der Waals surface area contributed by atoms with Crippen molar-refractivity contribution >= 4 is 11.6 Å². The van der Waals surface area contributed by atoms with Gasteiger partial charge in [0.2, 0.25) is 0 Å². The van der Waals surface area contributed by atoms with Crippen LogP contribution in [0.3, 0.4) is 0 Å². The van der Waals surface area contributed by atoms with Gasteiger partial charge in [-0.05, 0) is 35.4 Å². The highest BCUT2D eigenvalue weighted by Gasteiger charge is 2.13. The molecule has 1 N–H and O–H groups in total. The Balaban J connectivity index is 2.34. The first-order chi connectivity index (χ1) is 8.61. The van der Waals surface area contributed by atoms with E-state index in [9.17, 15) is 9.50 Å². The maximum absolute atomic E-state index is 13.1. The van der Waals surface area contributed by atoms with E-state index >= 15 is 0 Å². The molecule has 0 aliphatic rings. The van der Waals surface area contributed by atoms with Gasteiger partial charge in [0, 0.05) is 0 Å². The number of benzene rings is 2. The van der Waals surface area contributed by atoms with Crippen molar-refractivity contribution in [3.05, 3.63) is 64.4 Å². The lowest BCUT2D eigenvalue weighted by Crippen LogP contribution is -2.00. The Bertz CT molecular complexity index is 557. The molecule has 2 nitrogen and oxygen atoms in total. The average Bonchev–Trinajstić information content (AvgIpc) is 2.37. The van der Waals surface area contributed by atoms with Gasteiger partial charge in [0.15, 0.2) is 0 Å². The summed E-state index contributed by atoms with van der Waals surface area (Å²) in [5.41, 5.74) is 1.07. The lowest BCUT2D eigenvalue weighted by molar-refractivity contribution is 0.219. The maximum Gasteiger partial charge on any atom is 0.137 e. The minimum absolute atomic E-state index is 0.383. The van der Waals surface area contributed by atoms with Gasteiger partial charge in [-0.15, -0.1) is 0 Å². The molecule has 0 amide bonds. The highest BCUT2D eigenvalue weighted by molar-refractivity contribution is 6.32. The van der Waals surface area contributed by atoms with E-state index in [0.717, 1.165) is 0 Å². The van der Waals surface area contributed by atoms with Gasteiger partial charge in [0.05, 0.1) is 12.1 Å². The van der Waals surface area contributed by atoms with Crippen molar-refractivity contribution in [2.45, 2.75) is 6.10 Å². The Hall–Kier alpha value is -1.58. The van der Waals surface area contributed by atoms with E-state index in [-0.39, 0.29) is 5.82 Å². The van der Waals surface area contributed by atoms with Gasteiger partial charge in [-0.3, -0.25) is 0 Å². The second-order valence-electron chi connectivity index (χ2n) is 3.85. The Morgan fingerprint density at radius 2 is 1.89 bits per heavy atom. The second-order valence-corrected chi connectivity index (χ2v) is 4.26. The van der Waals surface area contributed by atoms with Gasteiger partial charge in [0.1, 0.15) is 17.7 Å². The number of hydrogen-bond acceptors (Lipinski definition) is 2. The molecule has 18 heavy (non-hydrogen) atoms. The van der Waals surface area contributed by atoms with Crippen LogP contribution >= 0.6 is 11.6 Å². The van der Waals surface area contributed by atoms with Crippen LogP contribution in [-0.2, 0) is 0 Å². The fourth-order valence-electron chi connectivity index (χ4n) is 1.72. The molecule has 0 aromatic heterocycles. The smallest absolute Gasteiger partial charge is 0.137 e. The van der Waals surface area contributed by atoms with E-state index in [1.165, 1.54) is 19.2 Å². The molecule has 4 heteroatoms. The summed E-state index contributed by atoms with van der Waals surface area (Å²) < 4.78 is 18.1. The molecule has 1 unspecified atom stereocenters. The van der Waals surface area contributed by atoms with Crippen LogP contribution in [0.5, 0.6) is 5.75 Å². The Morgan fingerprint density at radius 1 is 1.17 bits per heavy atom. The molecule has 0 aliphatic heterocycles. The quantitative estimate of drug-likeness (QED) is 0.920. The number of aliphatic hydroxyl groups is 1. The second kappa shape index (κ2) is 5.38. The third-order valence-corrected chi connectivity index (χ3v) is 2.95. The fraction of sp³-hybridized carbons (Fsp3) is 0.143. The lowest BCUT2D eigenvalue weighted by atomic mass is 10.0. The molecule has 1 atom stereocenters. The van der Waals surface area contributed by atoms with Gasteiger partial charge in [0.25, 0.3) is 0 Å². The molecule has 0 radical (unpaired) electrons. The number of rotatable bonds is 3. The topological polar surface area (TPSA) is 29.5 Å². The van der Waals surface area contributed by atoms with E-state index in [1.807, 2.05) is 0 Å². The molecule has 0 fully saturated rings. The standard InChI is InChI=1S/C14H12ClFO2/c1-18-13-6-5-10(8-12(13)15)14(17)9-3-2-4-11(16)7-9/h2-8,14,17H,1H3. The predicted octanol–water partition coefficient (Wildman–Crippen LogP) is 3.57. The molecule has 2 aromatic rings. The molecule has 0 bridgehead atoms. The molecule has 2 rings (SSSR count). The monoisotopic (exact) mass is 266 g/mol. The summed E-state index contributed by atoms with van der Waals surface area (Å²) in [6.45, 7) is 0. The van der Waals surface area contributed by atoms with Crippen LogP contribution in [0.2, 0.25) is 5.02 Å². The van der Waals surface area contributed by atoms with E-state index in [0.29, 0.717) is 21.9 Å². The minimum Gasteiger partial charge on any atom is -0.495 e. The molecule has 2 aromatic carbocycles. The molecule has 0 saturated heterocycles. The molecule has 0 aliphatic carbocycles. The molecule has 94 valence electrons. The summed E-state index contributed by atoms with van der Waals surface area (Å²) >= 11 is 5.98. The SMILES string of the molecule is COc1ccc(C(O)c2cccc(F)c2)cc1Cl. The van der Waals surface area contributed by atoms with Gasteiger partial charge < -0.3 is 9.84 Å². The number of halogens is 2. The van der Waals surface area contributed by atoms with Crippen LogP contribution in [0.15, 0.2) is 42.5 Å². The van der Waals surface area contributed by atoms with E-state index < -0.39 is 6.10 Å². The van der Waals surface area contributed by atoms with E-state index in [2.05, 4.69) is 0 Å². The van der Waals surface area contributed by atoms with Crippen LogP contribution < -0.4 is 4.74 Å². The normalized spacial score (nSPS) is 12.2. The van der Waals surface area contributed by atoms with Crippen LogP contribution in [0.1, 0.15) is 17.2 Å². The Morgan fingerprint density at radius 3 is 2.50 bits per heavy atom. The third-order valence-electron chi connectivity index (χ3n) is 2.66. The highest BCUT2D eigenvalue weighted by Crippen LogP contribution is 2.30. The summed E-state index contributed by atoms with van der Waals surface area (Å²) in [5, 5.41) is 10.5. The van der Waals surface area contributed by atoms with Crippen molar-refractivity contribution in [3.8, 4) is 5.75 Å². The number of ether oxygens (including phenoxy) is 1. The van der Waals surface area contributed by atoms with Gasteiger partial charge >= 0.3 is 0 Å². The number of methoxy groups -OCH3 is 1. The average molecular weight is 267 g/mol. The van der Waals surface area contributed by atoms with Crippen LogP contribution in [0.25, 0.3) is 0 Å². The zero-order valence-corrected chi connectivity index (χ0v) is 10.5. The molecule has 0 saturated carbocycles. The number of aliphatic hydroxyl groups excluding tert-OH is 1. The van der Waals surface area contributed by atoms with Crippen LogP contribution in [0.4, 0.5) is 4.39 Å². The van der Waals surface area contributed by atoms with Crippen molar-refractivity contribution in [2.75, 3.05) is 7.11 Å². The zero-order chi connectivity index (χ0) is 13.1. The summed E-state index contributed by atoms with van der Waals surface area (Å²) in [5.74, 6) is 0.151. The molecular weight excluding hydrogens is 255 g/mol. The summed E-state index contributed by atoms with van der Waals surface area (Å²) in [6, 6.07) is 10.8. The van der Waals surface area contributed by atoms with Crippen molar-refractivity contribution in [1.29, 1.82) is 0 Å². The molecule has 0 spiro atoms. The first-order valence-corrected chi connectivity index (χ1v) is 5.76. The highest BCUT2D eigenvalue weighted by atomic mass is 35.5. The van der Waals surface area contributed by atoms with Gasteiger partial charge in [-0.2, -0.15) is 0 Å². The number of hydrogen-bond donors (Lipinski definition) is 1. The lowest BCUT2D eigenvalue weighted by Gasteiger charge is -2.13. The largest absolute Gasteiger partial charge is 0.495 e. The van der Waals surface area contributed by atoms with Crippen LogP contribution in [0, 0.1) is 5.82 Å². The first-order valence-electron chi connectivity index (χ1n) is 5.39. The minimum atomic E-state index is -0.913. The summed E-state index contributed by atoms with van der Waals surface area (Å²) in [4.78, 5) is 0. The van der Waals surface area contributed by atoms with E-state index in [1.54, 1.807) is 30.3 Å². The van der Waals surface area contributed by atoms with Crippen molar-refractivity contribution < 1.29 is 14.2 Å². The van der Waals surface area contributed by atoms with Crippen molar-refractivity contribution in [3.63, 3.8) is 0 Å². The maximum atomic E-state index is 13.1. The molecular formula is C14H12ClFO2. The first kappa shape index (κ1) is 12.9. The van der Waals surface area contributed by atoms with Crippen molar-refractivity contribution in [1.82, 2.24) is 0 Å². The van der Waals surface area contributed by atoms with E-state index in [4.69, 9.17) is 16.3 Å². The van der Waals surface area contributed by atoms with Gasteiger partial charge in [-0.1, -0.05) is 29.8 Å². The van der Waals surface area contributed by atoms with Crippen LogP contribution in [-0.4, -0.2) is 12.2 Å². The third kappa shape index (κ3) is 2.63.